The Morgan fingerprint density at radius 3 is 2.76 bits per heavy atom. The van der Waals surface area contributed by atoms with E-state index in [9.17, 15) is 9.59 Å². The number of nitrogens with one attached hydrogen (secondary N) is 1. The molecule has 1 aromatic heterocycles. The molecule has 0 radical (unpaired) electrons. The number of amides is 1. The van der Waals surface area contributed by atoms with Gasteiger partial charge in [-0.1, -0.05) is 18.2 Å². The molecule has 1 aromatic carbocycles. The van der Waals surface area contributed by atoms with Crippen molar-refractivity contribution in [3.8, 4) is 0 Å². The first-order valence-corrected chi connectivity index (χ1v) is 7.14. The van der Waals surface area contributed by atoms with E-state index in [1.807, 2.05) is 42.1 Å². The van der Waals surface area contributed by atoms with Gasteiger partial charge in [0.25, 0.3) is 5.91 Å². The van der Waals surface area contributed by atoms with Crippen LogP contribution in [-0.4, -0.2) is 27.6 Å². The number of carboxylic acids is 1. The molecular formula is C16H18N2O3. The van der Waals surface area contributed by atoms with Gasteiger partial charge in [-0.3, -0.25) is 9.59 Å². The van der Waals surface area contributed by atoms with Gasteiger partial charge >= 0.3 is 5.97 Å². The second-order valence-electron chi connectivity index (χ2n) is 5.69. The summed E-state index contributed by atoms with van der Waals surface area (Å²) in [6.07, 6.45) is 3.71. The monoisotopic (exact) mass is 286 g/mol. The third-order valence-corrected chi connectivity index (χ3v) is 4.26. The minimum absolute atomic E-state index is 0.0439. The smallest absolute Gasteiger partial charge is 0.306 e. The highest BCUT2D eigenvalue weighted by atomic mass is 16.4. The first kappa shape index (κ1) is 13.7. The molecule has 2 N–H and O–H groups in total. The van der Waals surface area contributed by atoms with Crippen LogP contribution in [0, 0.1) is 5.92 Å². The Morgan fingerprint density at radius 2 is 2.05 bits per heavy atom. The summed E-state index contributed by atoms with van der Waals surface area (Å²) >= 11 is 0. The topological polar surface area (TPSA) is 71.3 Å². The van der Waals surface area contributed by atoms with Crippen LogP contribution in [0.4, 0.5) is 0 Å². The van der Waals surface area contributed by atoms with Crippen LogP contribution in [0.1, 0.15) is 29.6 Å². The van der Waals surface area contributed by atoms with Gasteiger partial charge in [0.15, 0.2) is 0 Å². The molecule has 1 aliphatic rings. The minimum atomic E-state index is -0.767. The number of aryl methyl sites for hydroxylation is 1. The van der Waals surface area contributed by atoms with Gasteiger partial charge < -0.3 is 15.0 Å². The van der Waals surface area contributed by atoms with Crippen molar-refractivity contribution in [1.29, 1.82) is 0 Å². The number of benzene rings is 1. The van der Waals surface area contributed by atoms with Crippen LogP contribution in [0.3, 0.4) is 0 Å². The highest BCUT2D eigenvalue weighted by molar-refractivity contribution is 6.07. The molecule has 1 amide bonds. The summed E-state index contributed by atoms with van der Waals surface area (Å²) < 4.78 is 1.93. The van der Waals surface area contributed by atoms with E-state index in [0.717, 1.165) is 17.3 Å². The predicted molar refractivity (Wildman–Crippen MR) is 79.2 cm³/mol. The van der Waals surface area contributed by atoms with Crippen molar-refractivity contribution in [2.75, 3.05) is 0 Å². The van der Waals surface area contributed by atoms with Crippen molar-refractivity contribution in [1.82, 2.24) is 9.88 Å². The van der Waals surface area contributed by atoms with Crippen molar-refractivity contribution < 1.29 is 14.7 Å². The summed E-state index contributed by atoms with van der Waals surface area (Å²) in [5, 5.41) is 12.9. The second-order valence-corrected chi connectivity index (χ2v) is 5.69. The van der Waals surface area contributed by atoms with E-state index in [1.165, 1.54) is 0 Å². The summed E-state index contributed by atoms with van der Waals surface area (Å²) in [5.41, 5.74) is 1.66. The molecular weight excluding hydrogens is 268 g/mol. The fourth-order valence-electron chi connectivity index (χ4n) is 3.12. The van der Waals surface area contributed by atoms with Gasteiger partial charge in [0, 0.05) is 30.2 Å². The predicted octanol–water partition coefficient (Wildman–Crippen LogP) is 2.16. The number of carboxylic acid groups (broad SMARTS) is 1. The molecule has 0 unspecified atom stereocenters. The Balaban J connectivity index is 1.78. The molecule has 0 spiro atoms. The number of carbonyl (C=O) groups excluding carboxylic acids is 1. The maximum Gasteiger partial charge on any atom is 0.306 e. The van der Waals surface area contributed by atoms with Crippen LogP contribution in [-0.2, 0) is 11.8 Å². The molecule has 1 heterocycles. The number of rotatable bonds is 3. The van der Waals surface area contributed by atoms with E-state index in [2.05, 4.69) is 5.32 Å². The molecule has 110 valence electrons. The zero-order valence-electron chi connectivity index (χ0n) is 11.9. The number of fused-ring (bicyclic) bond motifs is 1. The molecule has 0 bridgehead atoms. The first-order valence-electron chi connectivity index (χ1n) is 7.14. The maximum absolute atomic E-state index is 12.4. The highest BCUT2D eigenvalue weighted by Gasteiger charge is 2.31. The number of hydrogen-bond donors (Lipinski definition) is 2. The number of hydrogen-bond acceptors (Lipinski definition) is 2. The Hall–Kier alpha value is -2.30. The third-order valence-electron chi connectivity index (χ3n) is 4.26. The molecule has 21 heavy (non-hydrogen) atoms. The quantitative estimate of drug-likeness (QED) is 0.908. The number of aliphatic carboxylic acids is 1. The molecule has 0 aliphatic heterocycles. The summed E-state index contributed by atoms with van der Waals surface area (Å²) in [5.74, 6) is -1.22. The minimum Gasteiger partial charge on any atom is -0.481 e. The number of para-hydroxylation sites is 1. The first-order chi connectivity index (χ1) is 10.1. The van der Waals surface area contributed by atoms with E-state index >= 15 is 0 Å². The van der Waals surface area contributed by atoms with Crippen molar-refractivity contribution in [2.24, 2.45) is 13.0 Å². The molecule has 3 rings (SSSR count). The lowest BCUT2D eigenvalue weighted by molar-refractivity contribution is -0.141. The highest BCUT2D eigenvalue weighted by Crippen LogP contribution is 2.27. The number of carbonyl (C=O) groups is 2. The van der Waals surface area contributed by atoms with Gasteiger partial charge in [0.05, 0.1) is 11.5 Å². The molecule has 5 heteroatoms. The fraction of sp³-hybridized carbons (Fsp3) is 0.375. The summed E-state index contributed by atoms with van der Waals surface area (Å²) in [6, 6.07) is 7.71. The van der Waals surface area contributed by atoms with Gasteiger partial charge in [-0.25, -0.2) is 0 Å². The lowest BCUT2D eigenvalue weighted by atomic mass is 10.1. The van der Waals surface area contributed by atoms with Crippen molar-refractivity contribution in [3.05, 3.63) is 36.0 Å². The largest absolute Gasteiger partial charge is 0.481 e. The molecule has 2 atom stereocenters. The van der Waals surface area contributed by atoms with Crippen molar-refractivity contribution in [2.45, 2.75) is 25.3 Å². The normalized spacial score (nSPS) is 21.6. The lowest BCUT2D eigenvalue weighted by Crippen LogP contribution is -2.33. The fourth-order valence-corrected chi connectivity index (χ4v) is 3.12. The standard InChI is InChI=1S/C16H18N2O3/c1-18-9-13(12-4-2-3-5-14(12)18)15(19)17-11-7-6-10(8-11)16(20)21/h2-5,9-11H,6-8H2,1H3,(H,17,19)(H,20,21)/t10-,11+/m0/s1. The summed E-state index contributed by atoms with van der Waals surface area (Å²) in [7, 11) is 1.91. The molecule has 5 nitrogen and oxygen atoms in total. The van der Waals surface area contributed by atoms with E-state index in [1.54, 1.807) is 0 Å². The summed E-state index contributed by atoms with van der Waals surface area (Å²) in [4.78, 5) is 23.4. The lowest BCUT2D eigenvalue weighted by Gasteiger charge is -2.11. The van der Waals surface area contributed by atoms with Crippen molar-refractivity contribution >= 4 is 22.8 Å². The zero-order chi connectivity index (χ0) is 15.0. The van der Waals surface area contributed by atoms with Crippen LogP contribution in [0.25, 0.3) is 10.9 Å². The third kappa shape index (κ3) is 2.51. The van der Waals surface area contributed by atoms with E-state index in [-0.39, 0.29) is 17.9 Å². The van der Waals surface area contributed by atoms with Gasteiger partial charge in [-0.15, -0.1) is 0 Å². The van der Waals surface area contributed by atoms with Gasteiger partial charge in [-0.05, 0) is 25.3 Å². The molecule has 2 aromatic rings. The number of nitrogens with zero attached hydrogens (tertiary/aromatic N) is 1. The number of aromatic nitrogens is 1. The van der Waals surface area contributed by atoms with Crippen molar-refractivity contribution in [3.63, 3.8) is 0 Å². The zero-order valence-corrected chi connectivity index (χ0v) is 11.9. The van der Waals surface area contributed by atoms with Gasteiger partial charge in [0.1, 0.15) is 0 Å². The molecule has 1 saturated carbocycles. The Morgan fingerprint density at radius 1 is 1.29 bits per heavy atom. The van der Waals surface area contributed by atoms with E-state index in [4.69, 9.17) is 5.11 Å². The molecule has 1 fully saturated rings. The van der Waals surface area contributed by atoms with Gasteiger partial charge in [-0.2, -0.15) is 0 Å². The molecule has 1 aliphatic carbocycles. The second kappa shape index (κ2) is 5.24. The molecule has 0 saturated heterocycles. The van der Waals surface area contributed by atoms with Gasteiger partial charge in [0.2, 0.25) is 0 Å². The Labute approximate surface area is 122 Å². The van der Waals surface area contributed by atoms with E-state index < -0.39 is 5.97 Å². The van der Waals surface area contributed by atoms with Crippen LogP contribution >= 0.6 is 0 Å². The Kier molecular flexibility index (Phi) is 3.41. The maximum atomic E-state index is 12.4. The average molecular weight is 286 g/mol. The Bertz CT molecular complexity index is 705. The average Bonchev–Trinajstić information content (AvgIpc) is 3.05. The summed E-state index contributed by atoms with van der Waals surface area (Å²) in [6.45, 7) is 0. The van der Waals surface area contributed by atoms with Crippen LogP contribution < -0.4 is 5.32 Å². The SMILES string of the molecule is Cn1cc(C(=O)N[C@@H]2CC[C@H](C(=O)O)C2)c2ccccc21. The van der Waals surface area contributed by atoms with E-state index in [0.29, 0.717) is 18.4 Å². The van der Waals surface area contributed by atoms with Crippen LogP contribution in [0.15, 0.2) is 30.5 Å². The van der Waals surface area contributed by atoms with Crippen LogP contribution in [0.2, 0.25) is 0 Å². The van der Waals surface area contributed by atoms with Crippen LogP contribution in [0.5, 0.6) is 0 Å².